The maximum absolute atomic E-state index is 10.9. The number of nitro groups is 1. The van der Waals surface area contributed by atoms with E-state index in [1.165, 1.54) is 11.8 Å². The van der Waals surface area contributed by atoms with E-state index in [-0.39, 0.29) is 16.7 Å². The van der Waals surface area contributed by atoms with Crippen LogP contribution in [-0.4, -0.2) is 14.9 Å². The number of aryl methyl sites for hydroxylation is 1. The van der Waals surface area contributed by atoms with E-state index in [1.54, 1.807) is 0 Å². The SMILES string of the molecule is Cc1cccc(Sc2nc(N)ncc2[N+](=O)[O-])c1. The molecule has 0 aliphatic rings. The van der Waals surface area contributed by atoms with Crippen LogP contribution in [0.25, 0.3) is 0 Å². The summed E-state index contributed by atoms with van der Waals surface area (Å²) in [5.74, 6) is 0.0238. The lowest BCUT2D eigenvalue weighted by molar-refractivity contribution is -0.388. The molecule has 2 aromatic rings. The summed E-state index contributed by atoms with van der Waals surface area (Å²) in [5.41, 5.74) is 6.38. The molecule has 0 aliphatic carbocycles. The van der Waals surface area contributed by atoms with Crippen molar-refractivity contribution in [3.05, 3.63) is 46.1 Å². The first-order chi connectivity index (χ1) is 8.56. The van der Waals surface area contributed by atoms with Gasteiger partial charge in [0, 0.05) is 4.90 Å². The highest BCUT2D eigenvalue weighted by Gasteiger charge is 2.17. The van der Waals surface area contributed by atoms with Crippen molar-refractivity contribution < 1.29 is 4.92 Å². The second-order valence-corrected chi connectivity index (χ2v) is 4.66. The Bertz CT molecular complexity index is 603. The molecule has 1 aromatic heterocycles. The summed E-state index contributed by atoms with van der Waals surface area (Å²) in [6.07, 6.45) is 1.13. The first-order valence-electron chi connectivity index (χ1n) is 5.07. The van der Waals surface area contributed by atoms with Gasteiger partial charge in [-0.1, -0.05) is 29.5 Å². The minimum Gasteiger partial charge on any atom is -0.368 e. The highest BCUT2D eigenvalue weighted by molar-refractivity contribution is 7.99. The molecule has 0 bridgehead atoms. The van der Waals surface area contributed by atoms with E-state index in [0.717, 1.165) is 16.7 Å². The number of anilines is 1. The normalized spacial score (nSPS) is 10.3. The monoisotopic (exact) mass is 262 g/mol. The van der Waals surface area contributed by atoms with Crippen LogP contribution >= 0.6 is 11.8 Å². The molecule has 0 radical (unpaired) electrons. The van der Waals surface area contributed by atoms with Gasteiger partial charge >= 0.3 is 5.69 Å². The van der Waals surface area contributed by atoms with Gasteiger partial charge in [-0.3, -0.25) is 10.1 Å². The number of nitrogen functional groups attached to an aromatic ring is 1. The zero-order valence-electron chi connectivity index (χ0n) is 9.53. The minimum atomic E-state index is -0.516. The summed E-state index contributed by atoms with van der Waals surface area (Å²) in [4.78, 5) is 18.8. The van der Waals surface area contributed by atoms with Gasteiger partial charge in [0.2, 0.25) is 5.95 Å². The first kappa shape index (κ1) is 12.3. The van der Waals surface area contributed by atoms with Crippen LogP contribution in [0.2, 0.25) is 0 Å². The predicted molar refractivity (Wildman–Crippen MR) is 68.4 cm³/mol. The van der Waals surface area contributed by atoms with Crippen LogP contribution in [0.4, 0.5) is 11.6 Å². The molecule has 0 spiro atoms. The number of rotatable bonds is 3. The molecule has 18 heavy (non-hydrogen) atoms. The van der Waals surface area contributed by atoms with Gasteiger partial charge in [-0.25, -0.2) is 4.98 Å². The molecule has 0 unspecified atom stereocenters. The quantitative estimate of drug-likeness (QED) is 0.518. The van der Waals surface area contributed by atoms with Crippen LogP contribution in [0, 0.1) is 17.0 Å². The lowest BCUT2D eigenvalue weighted by Crippen LogP contribution is -2.00. The molecule has 2 N–H and O–H groups in total. The Balaban J connectivity index is 2.39. The van der Waals surface area contributed by atoms with Crippen LogP contribution < -0.4 is 5.73 Å². The third kappa shape index (κ3) is 2.75. The van der Waals surface area contributed by atoms with Crippen LogP contribution in [0.1, 0.15) is 5.56 Å². The fourth-order valence-electron chi connectivity index (χ4n) is 1.36. The van der Waals surface area contributed by atoms with Crippen LogP contribution in [0.5, 0.6) is 0 Å². The largest absolute Gasteiger partial charge is 0.368 e. The summed E-state index contributed by atoms with van der Waals surface area (Å²) in [6.45, 7) is 1.95. The fourth-order valence-corrected chi connectivity index (χ4v) is 2.35. The summed E-state index contributed by atoms with van der Waals surface area (Å²) in [6, 6.07) is 7.62. The Morgan fingerprint density at radius 3 is 2.89 bits per heavy atom. The number of aromatic nitrogens is 2. The minimum absolute atomic E-state index is 0.0238. The Hall–Kier alpha value is -2.15. The van der Waals surface area contributed by atoms with Gasteiger partial charge in [0.05, 0.1) is 4.92 Å². The highest BCUT2D eigenvalue weighted by Crippen LogP contribution is 2.33. The maximum Gasteiger partial charge on any atom is 0.320 e. The molecule has 2 rings (SSSR count). The number of hydrogen-bond acceptors (Lipinski definition) is 6. The Morgan fingerprint density at radius 1 is 1.44 bits per heavy atom. The topological polar surface area (TPSA) is 94.9 Å². The van der Waals surface area contributed by atoms with Gasteiger partial charge in [0.1, 0.15) is 6.20 Å². The molecule has 0 amide bonds. The van der Waals surface area contributed by atoms with Crippen molar-refractivity contribution in [2.75, 3.05) is 5.73 Å². The molecular weight excluding hydrogens is 252 g/mol. The lowest BCUT2D eigenvalue weighted by Gasteiger charge is -2.03. The average Bonchev–Trinajstić information content (AvgIpc) is 2.28. The van der Waals surface area contributed by atoms with Gasteiger partial charge in [0.15, 0.2) is 5.03 Å². The van der Waals surface area contributed by atoms with Crippen LogP contribution in [0.3, 0.4) is 0 Å². The Kier molecular flexibility index (Phi) is 3.42. The molecule has 6 nitrogen and oxygen atoms in total. The molecule has 92 valence electrons. The molecule has 0 saturated carbocycles. The van der Waals surface area contributed by atoms with E-state index in [4.69, 9.17) is 5.73 Å². The smallest absolute Gasteiger partial charge is 0.320 e. The van der Waals surface area contributed by atoms with Gasteiger partial charge in [-0.15, -0.1) is 0 Å². The number of hydrogen-bond donors (Lipinski definition) is 1. The zero-order chi connectivity index (χ0) is 13.1. The zero-order valence-corrected chi connectivity index (χ0v) is 10.3. The fraction of sp³-hybridized carbons (Fsp3) is 0.0909. The Labute approximate surface area is 107 Å². The van der Waals surface area contributed by atoms with Gasteiger partial charge in [-0.05, 0) is 19.1 Å². The standard InChI is InChI=1S/C11H10N4O2S/c1-7-3-2-4-8(5-7)18-10-9(15(16)17)6-13-11(12)14-10/h2-6H,1H3,(H2,12,13,14). The molecule has 1 heterocycles. The van der Waals surface area contributed by atoms with E-state index in [9.17, 15) is 10.1 Å². The van der Waals surface area contributed by atoms with Gasteiger partial charge < -0.3 is 5.73 Å². The average molecular weight is 262 g/mol. The first-order valence-corrected chi connectivity index (χ1v) is 5.89. The van der Waals surface area contributed by atoms with Crippen LogP contribution in [-0.2, 0) is 0 Å². The van der Waals surface area contributed by atoms with E-state index in [2.05, 4.69) is 9.97 Å². The Morgan fingerprint density at radius 2 is 2.22 bits per heavy atom. The highest BCUT2D eigenvalue weighted by atomic mass is 32.2. The van der Waals surface area contributed by atoms with Crippen molar-refractivity contribution in [3.8, 4) is 0 Å². The second-order valence-electron chi connectivity index (χ2n) is 3.59. The lowest BCUT2D eigenvalue weighted by atomic mass is 10.2. The molecule has 0 aliphatic heterocycles. The number of nitrogens with zero attached hydrogens (tertiary/aromatic N) is 3. The van der Waals surface area contributed by atoms with Crippen molar-refractivity contribution in [2.24, 2.45) is 0 Å². The van der Waals surface area contributed by atoms with Crippen molar-refractivity contribution in [2.45, 2.75) is 16.8 Å². The predicted octanol–water partition coefficient (Wildman–Crippen LogP) is 2.43. The summed E-state index contributed by atoms with van der Waals surface area (Å²) < 4.78 is 0. The van der Waals surface area contributed by atoms with E-state index >= 15 is 0 Å². The molecule has 0 fully saturated rings. The van der Waals surface area contributed by atoms with E-state index in [0.29, 0.717) is 0 Å². The van der Waals surface area contributed by atoms with Crippen molar-refractivity contribution in [1.82, 2.24) is 9.97 Å². The van der Waals surface area contributed by atoms with E-state index in [1.807, 2.05) is 31.2 Å². The van der Waals surface area contributed by atoms with E-state index < -0.39 is 4.92 Å². The third-order valence-electron chi connectivity index (χ3n) is 2.16. The van der Waals surface area contributed by atoms with Crippen molar-refractivity contribution >= 4 is 23.4 Å². The molecule has 1 aromatic carbocycles. The van der Waals surface area contributed by atoms with Crippen molar-refractivity contribution in [1.29, 1.82) is 0 Å². The second kappa shape index (κ2) is 5.01. The maximum atomic E-state index is 10.9. The number of nitrogens with two attached hydrogens (primary N) is 1. The summed E-state index contributed by atoms with van der Waals surface area (Å²) in [5, 5.41) is 11.1. The molecule has 7 heteroatoms. The van der Waals surface area contributed by atoms with Gasteiger partial charge in [-0.2, -0.15) is 4.98 Å². The summed E-state index contributed by atoms with van der Waals surface area (Å²) in [7, 11) is 0. The number of benzene rings is 1. The van der Waals surface area contributed by atoms with Gasteiger partial charge in [0.25, 0.3) is 0 Å². The molecule has 0 atom stereocenters. The van der Waals surface area contributed by atoms with Crippen LogP contribution in [0.15, 0.2) is 40.4 Å². The third-order valence-corrected chi connectivity index (χ3v) is 3.14. The summed E-state index contributed by atoms with van der Waals surface area (Å²) >= 11 is 1.20. The van der Waals surface area contributed by atoms with Crippen molar-refractivity contribution in [3.63, 3.8) is 0 Å². The molecular formula is C11H10N4O2S. The molecule has 0 saturated heterocycles.